The van der Waals surface area contributed by atoms with Crippen molar-refractivity contribution in [1.29, 1.82) is 0 Å². The van der Waals surface area contributed by atoms with Gasteiger partial charge in [-0.3, -0.25) is 4.79 Å². The Labute approximate surface area is 160 Å². The molecule has 142 valence electrons. The van der Waals surface area contributed by atoms with Crippen LogP contribution in [0, 0.1) is 18.8 Å². The minimum Gasteiger partial charge on any atom is -0.497 e. The molecule has 5 nitrogen and oxygen atoms in total. The van der Waals surface area contributed by atoms with E-state index in [0.717, 1.165) is 28.5 Å². The number of benzene rings is 1. The highest BCUT2D eigenvalue weighted by Gasteiger charge is 2.47. The van der Waals surface area contributed by atoms with Crippen molar-refractivity contribution in [2.75, 3.05) is 17.3 Å². The first-order valence-corrected chi connectivity index (χ1v) is 9.67. The standard InChI is InChI=1S/C22H27N3O2/c1-13-6-5-7-20(23-13)24-21-14(2)22(16-8-9-16)25(15(3)26)19-12-17(27-4)10-11-18(19)21/h5-7,10-12,14,16,21-22H,8-9H2,1-4H3,(H,23,24)/t14-,21?,22?/m1/s1. The molecule has 1 aliphatic heterocycles. The van der Waals surface area contributed by atoms with E-state index in [4.69, 9.17) is 4.74 Å². The van der Waals surface area contributed by atoms with Crippen LogP contribution in [0.1, 0.15) is 44.0 Å². The van der Waals surface area contributed by atoms with Crippen LogP contribution in [0.25, 0.3) is 0 Å². The molecule has 3 atom stereocenters. The molecule has 5 heteroatoms. The second-order valence-electron chi connectivity index (χ2n) is 7.79. The Morgan fingerprint density at radius 2 is 2.04 bits per heavy atom. The quantitative estimate of drug-likeness (QED) is 0.876. The average molecular weight is 365 g/mol. The van der Waals surface area contributed by atoms with Gasteiger partial charge in [-0.05, 0) is 49.4 Å². The Kier molecular flexibility index (Phi) is 4.54. The fraction of sp³-hybridized carbons (Fsp3) is 0.455. The van der Waals surface area contributed by atoms with E-state index >= 15 is 0 Å². The molecule has 1 N–H and O–H groups in total. The Balaban J connectivity index is 1.80. The zero-order chi connectivity index (χ0) is 19.1. The van der Waals surface area contributed by atoms with Gasteiger partial charge in [-0.2, -0.15) is 0 Å². The molecule has 1 aromatic heterocycles. The van der Waals surface area contributed by atoms with Gasteiger partial charge >= 0.3 is 0 Å². The number of amides is 1. The second-order valence-corrected chi connectivity index (χ2v) is 7.79. The molecule has 2 aliphatic rings. The topological polar surface area (TPSA) is 54.5 Å². The SMILES string of the molecule is COc1ccc2c(c1)N(C(C)=O)C(C1CC1)[C@H](C)C2Nc1cccc(C)n1. The molecule has 2 aromatic rings. The Hall–Kier alpha value is -2.56. The van der Waals surface area contributed by atoms with Crippen molar-refractivity contribution in [1.82, 2.24) is 4.98 Å². The lowest BCUT2D eigenvalue weighted by atomic mass is 9.80. The third-order valence-electron chi connectivity index (χ3n) is 5.83. The zero-order valence-corrected chi connectivity index (χ0v) is 16.4. The monoisotopic (exact) mass is 365 g/mol. The summed E-state index contributed by atoms with van der Waals surface area (Å²) in [6.07, 6.45) is 2.38. The largest absolute Gasteiger partial charge is 0.497 e. The molecule has 1 fully saturated rings. The Morgan fingerprint density at radius 1 is 1.26 bits per heavy atom. The summed E-state index contributed by atoms with van der Waals surface area (Å²) in [6, 6.07) is 12.4. The van der Waals surface area contributed by atoms with Gasteiger partial charge in [0.25, 0.3) is 0 Å². The molecular weight excluding hydrogens is 338 g/mol. The lowest BCUT2D eigenvalue weighted by Gasteiger charge is -2.46. The summed E-state index contributed by atoms with van der Waals surface area (Å²) < 4.78 is 5.45. The molecular formula is C22H27N3O2. The summed E-state index contributed by atoms with van der Waals surface area (Å²) in [6.45, 7) is 5.92. The summed E-state index contributed by atoms with van der Waals surface area (Å²) in [4.78, 5) is 19.2. The lowest BCUT2D eigenvalue weighted by Crippen LogP contribution is -2.51. The van der Waals surface area contributed by atoms with Crippen molar-refractivity contribution < 1.29 is 9.53 Å². The molecule has 1 aromatic carbocycles. The number of carbonyl (C=O) groups is 1. The summed E-state index contributed by atoms with van der Waals surface area (Å²) in [7, 11) is 1.66. The minimum absolute atomic E-state index is 0.0976. The van der Waals surface area contributed by atoms with Crippen molar-refractivity contribution in [2.24, 2.45) is 11.8 Å². The molecule has 1 amide bonds. The van der Waals surface area contributed by atoms with Crippen LogP contribution < -0.4 is 15.0 Å². The van der Waals surface area contributed by atoms with Crippen molar-refractivity contribution in [3.63, 3.8) is 0 Å². The molecule has 1 saturated carbocycles. The number of aryl methyl sites for hydroxylation is 1. The van der Waals surface area contributed by atoms with Gasteiger partial charge in [-0.25, -0.2) is 4.98 Å². The normalized spacial score (nSPS) is 24.3. The number of fused-ring (bicyclic) bond motifs is 1. The third kappa shape index (κ3) is 3.27. The van der Waals surface area contributed by atoms with Crippen LogP contribution in [0.2, 0.25) is 0 Å². The van der Waals surface area contributed by atoms with E-state index in [-0.39, 0.29) is 23.9 Å². The summed E-state index contributed by atoms with van der Waals surface area (Å²) in [5.74, 6) is 2.60. The predicted molar refractivity (Wildman–Crippen MR) is 107 cm³/mol. The highest BCUT2D eigenvalue weighted by Crippen LogP contribution is 2.50. The number of nitrogens with zero attached hydrogens (tertiary/aromatic N) is 2. The van der Waals surface area contributed by atoms with Gasteiger partial charge in [0.15, 0.2) is 0 Å². The van der Waals surface area contributed by atoms with E-state index in [0.29, 0.717) is 5.92 Å². The Morgan fingerprint density at radius 3 is 2.67 bits per heavy atom. The number of carbonyl (C=O) groups excluding carboxylic acids is 1. The number of hydrogen-bond acceptors (Lipinski definition) is 4. The number of nitrogens with one attached hydrogen (secondary N) is 1. The number of rotatable bonds is 4. The van der Waals surface area contributed by atoms with Crippen molar-refractivity contribution >= 4 is 17.4 Å². The average Bonchev–Trinajstić information content (AvgIpc) is 3.47. The van der Waals surface area contributed by atoms with Gasteiger partial charge in [-0.1, -0.05) is 19.1 Å². The lowest BCUT2D eigenvalue weighted by molar-refractivity contribution is -0.117. The van der Waals surface area contributed by atoms with Crippen LogP contribution in [-0.2, 0) is 4.79 Å². The smallest absolute Gasteiger partial charge is 0.224 e. The Bertz CT molecular complexity index is 862. The first-order chi connectivity index (χ1) is 13.0. The molecule has 0 saturated heterocycles. The van der Waals surface area contributed by atoms with Gasteiger partial charge in [0, 0.05) is 30.6 Å². The predicted octanol–water partition coefficient (Wildman–Crippen LogP) is 4.33. The van der Waals surface area contributed by atoms with Gasteiger partial charge in [0.2, 0.25) is 5.91 Å². The summed E-state index contributed by atoms with van der Waals surface area (Å²) in [5.41, 5.74) is 3.07. The first-order valence-electron chi connectivity index (χ1n) is 9.67. The molecule has 4 rings (SSSR count). The van der Waals surface area contributed by atoms with E-state index in [1.54, 1.807) is 14.0 Å². The van der Waals surface area contributed by atoms with Gasteiger partial charge < -0.3 is 15.0 Å². The van der Waals surface area contributed by atoms with Crippen LogP contribution in [0.3, 0.4) is 0 Å². The molecule has 2 heterocycles. The molecule has 0 spiro atoms. The molecule has 2 unspecified atom stereocenters. The van der Waals surface area contributed by atoms with Gasteiger partial charge in [0.1, 0.15) is 11.6 Å². The van der Waals surface area contributed by atoms with Crippen LogP contribution in [0.4, 0.5) is 11.5 Å². The molecule has 1 aliphatic carbocycles. The highest BCUT2D eigenvalue weighted by molar-refractivity contribution is 5.94. The molecule has 0 bridgehead atoms. The number of methoxy groups -OCH3 is 1. The maximum absolute atomic E-state index is 12.6. The highest BCUT2D eigenvalue weighted by atomic mass is 16.5. The number of ether oxygens (including phenoxy) is 1. The molecule has 27 heavy (non-hydrogen) atoms. The fourth-order valence-corrected chi connectivity index (χ4v) is 4.45. The van der Waals surface area contributed by atoms with E-state index in [2.05, 4.69) is 23.3 Å². The van der Waals surface area contributed by atoms with Gasteiger partial charge in [0.05, 0.1) is 18.8 Å². The van der Waals surface area contributed by atoms with Crippen LogP contribution in [0.15, 0.2) is 36.4 Å². The third-order valence-corrected chi connectivity index (χ3v) is 5.83. The minimum atomic E-state index is 0.0976. The maximum atomic E-state index is 12.6. The second kappa shape index (κ2) is 6.87. The summed E-state index contributed by atoms with van der Waals surface area (Å²) >= 11 is 0. The van der Waals surface area contributed by atoms with Crippen LogP contribution in [0.5, 0.6) is 5.75 Å². The van der Waals surface area contributed by atoms with Crippen molar-refractivity contribution in [3.8, 4) is 5.75 Å². The number of hydrogen-bond donors (Lipinski definition) is 1. The van der Waals surface area contributed by atoms with E-state index in [1.807, 2.05) is 42.2 Å². The number of aromatic nitrogens is 1. The van der Waals surface area contributed by atoms with Crippen LogP contribution >= 0.6 is 0 Å². The van der Waals surface area contributed by atoms with E-state index in [1.165, 1.54) is 12.8 Å². The van der Waals surface area contributed by atoms with Crippen LogP contribution in [-0.4, -0.2) is 24.0 Å². The molecule has 0 radical (unpaired) electrons. The van der Waals surface area contributed by atoms with E-state index < -0.39 is 0 Å². The summed E-state index contributed by atoms with van der Waals surface area (Å²) in [5, 5.41) is 3.65. The maximum Gasteiger partial charge on any atom is 0.224 e. The zero-order valence-electron chi connectivity index (χ0n) is 16.4. The first kappa shape index (κ1) is 17.8. The van der Waals surface area contributed by atoms with Crippen molar-refractivity contribution in [2.45, 2.75) is 45.7 Å². The van der Waals surface area contributed by atoms with Gasteiger partial charge in [-0.15, -0.1) is 0 Å². The number of anilines is 2. The fourth-order valence-electron chi connectivity index (χ4n) is 4.45. The van der Waals surface area contributed by atoms with E-state index in [9.17, 15) is 4.79 Å². The van der Waals surface area contributed by atoms with Crippen molar-refractivity contribution in [3.05, 3.63) is 47.7 Å². The number of pyridine rings is 1.